The predicted molar refractivity (Wildman–Crippen MR) is 95.7 cm³/mol. The number of anilines is 3. The van der Waals surface area contributed by atoms with Crippen molar-refractivity contribution < 1.29 is 4.79 Å². The van der Waals surface area contributed by atoms with Crippen molar-refractivity contribution in [3.63, 3.8) is 0 Å². The van der Waals surface area contributed by atoms with Crippen LogP contribution >= 0.6 is 23.2 Å². The molecule has 0 aromatic heterocycles. The van der Waals surface area contributed by atoms with Gasteiger partial charge in [0.15, 0.2) is 0 Å². The lowest BCUT2D eigenvalue weighted by atomic mass is 10.1. The van der Waals surface area contributed by atoms with Crippen LogP contribution in [0.5, 0.6) is 0 Å². The number of nitrogen functional groups attached to an aromatic ring is 1. The van der Waals surface area contributed by atoms with Gasteiger partial charge < -0.3 is 16.0 Å². The van der Waals surface area contributed by atoms with Gasteiger partial charge >= 0.3 is 0 Å². The number of nitrogens with one attached hydrogen (secondary N) is 1. The van der Waals surface area contributed by atoms with E-state index in [1.165, 1.54) is 0 Å². The molecule has 2 aromatic carbocycles. The van der Waals surface area contributed by atoms with E-state index < -0.39 is 0 Å². The number of nitrogens with zero attached hydrogens (tertiary/aromatic N) is 1. The standard InChI is InChI=1S/C17H17Cl2N3O/c18-13-4-3-5-15(16(13)19)21-14-7-6-11(20)10-12(14)17(23)22-8-1-2-9-22/h3-7,10,21H,1-2,8-9,20H2. The zero-order valence-corrected chi connectivity index (χ0v) is 14.0. The van der Waals surface area contributed by atoms with Crippen LogP contribution in [-0.2, 0) is 0 Å². The number of carbonyl (C=O) groups excluding carboxylic acids is 1. The number of halogens is 2. The van der Waals surface area contributed by atoms with Gasteiger partial charge in [-0.3, -0.25) is 4.79 Å². The van der Waals surface area contributed by atoms with Crippen molar-refractivity contribution in [2.45, 2.75) is 12.8 Å². The van der Waals surface area contributed by atoms with Crippen molar-refractivity contribution in [3.05, 3.63) is 52.0 Å². The molecule has 1 fully saturated rings. The van der Waals surface area contributed by atoms with Gasteiger partial charge in [0.25, 0.3) is 5.91 Å². The minimum absolute atomic E-state index is 0.0181. The van der Waals surface area contributed by atoms with Crippen molar-refractivity contribution in [1.29, 1.82) is 0 Å². The van der Waals surface area contributed by atoms with Crippen molar-refractivity contribution in [1.82, 2.24) is 4.90 Å². The van der Waals surface area contributed by atoms with Gasteiger partial charge in [0.1, 0.15) is 0 Å². The largest absolute Gasteiger partial charge is 0.399 e. The fourth-order valence-electron chi connectivity index (χ4n) is 2.68. The molecule has 1 amide bonds. The summed E-state index contributed by atoms with van der Waals surface area (Å²) in [6.07, 6.45) is 2.08. The second-order valence-corrected chi connectivity index (χ2v) is 6.32. The van der Waals surface area contributed by atoms with E-state index in [9.17, 15) is 4.79 Å². The van der Waals surface area contributed by atoms with Crippen LogP contribution in [0.1, 0.15) is 23.2 Å². The predicted octanol–water partition coefficient (Wildman–Crippen LogP) is 4.56. The fourth-order valence-corrected chi connectivity index (χ4v) is 3.03. The van der Waals surface area contributed by atoms with Crippen LogP contribution < -0.4 is 11.1 Å². The molecule has 1 aliphatic heterocycles. The molecule has 0 atom stereocenters. The third-order valence-corrected chi connectivity index (χ3v) is 4.71. The highest BCUT2D eigenvalue weighted by Gasteiger charge is 2.22. The SMILES string of the molecule is Nc1ccc(Nc2cccc(Cl)c2Cl)c(C(=O)N2CCCC2)c1. The molecule has 2 aromatic rings. The minimum Gasteiger partial charge on any atom is -0.399 e. The van der Waals surface area contributed by atoms with E-state index in [1.807, 2.05) is 11.0 Å². The van der Waals surface area contributed by atoms with Crippen LogP contribution in [0.2, 0.25) is 10.0 Å². The average molecular weight is 350 g/mol. The Balaban J connectivity index is 1.95. The Morgan fingerprint density at radius 3 is 2.57 bits per heavy atom. The molecule has 120 valence electrons. The van der Waals surface area contributed by atoms with Crippen molar-refractivity contribution in [2.24, 2.45) is 0 Å². The van der Waals surface area contributed by atoms with E-state index in [-0.39, 0.29) is 5.91 Å². The molecule has 0 radical (unpaired) electrons. The summed E-state index contributed by atoms with van der Waals surface area (Å²) >= 11 is 12.3. The van der Waals surface area contributed by atoms with Gasteiger partial charge in [-0.25, -0.2) is 0 Å². The molecule has 0 aliphatic carbocycles. The van der Waals surface area contributed by atoms with Crippen LogP contribution in [0.15, 0.2) is 36.4 Å². The molecule has 0 spiro atoms. The maximum Gasteiger partial charge on any atom is 0.256 e. The molecule has 3 rings (SSSR count). The molecule has 1 saturated heterocycles. The molecule has 23 heavy (non-hydrogen) atoms. The van der Waals surface area contributed by atoms with Gasteiger partial charge in [-0.1, -0.05) is 29.3 Å². The number of rotatable bonds is 3. The highest BCUT2D eigenvalue weighted by atomic mass is 35.5. The van der Waals surface area contributed by atoms with Crippen LogP contribution in [0.25, 0.3) is 0 Å². The van der Waals surface area contributed by atoms with E-state index >= 15 is 0 Å². The fraction of sp³-hybridized carbons (Fsp3) is 0.235. The summed E-state index contributed by atoms with van der Waals surface area (Å²) < 4.78 is 0. The lowest BCUT2D eigenvalue weighted by Gasteiger charge is -2.19. The van der Waals surface area contributed by atoms with Crippen LogP contribution in [-0.4, -0.2) is 23.9 Å². The zero-order chi connectivity index (χ0) is 16.4. The Morgan fingerprint density at radius 2 is 1.83 bits per heavy atom. The quantitative estimate of drug-likeness (QED) is 0.798. The Hall–Kier alpha value is -1.91. The summed E-state index contributed by atoms with van der Waals surface area (Å²) in [5.74, 6) is -0.0181. The minimum atomic E-state index is -0.0181. The number of amides is 1. The Kier molecular flexibility index (Phi) is 4.64. The van der Waals surface area contributed by atoms with Gasteiger partial charge in [-0.2, -0.15) is 0 Å². The first-order valence-electron chi connectivity index (χ1n) is 7.46. The Labute approximate surface area is 145 Å². The van der Waals surface area contributed by atoms with E-state index in [0.29, 0.717) is 32.7 Å². The maximum atomic E-state index is 12.7. The van der Waals surface area contributed by atoms with Gasteiger partial charge in [0, 0.05) is 18.8 Å². The molecule has 0 saturated carbocycles. The van der Waals surface area contributed by atoms with E-state index in [1.54, 1.807) is 30.3 Å². The summed E-state index contributed by atoms with van der Waals surface area (Å²) in [5, 5.41) is 4.07. The molecule has 3 N–H and O–H groups in total. The number of carbonyl (C=O) groups is 1. The van der Waals surface area contributed by atoms with E-state index in [4.69, 9.17) is 28.9 Å². The van der Waals surface area contributed by atoms with E-state index in [2.05, 4.69) is 5.32 Å². The summed E-state index contributed by atoms with van der Waals surface area (Å²) in [4.78, 5) is 14.6. The van der Waals surface area contributed by atoms with E-state index in [0.717, 1.165) is 25.9 Å². The third kappa shape index (κ3) is 3.38. The number of hydrogen-bond acceptors (Lipinski definition) is 3. The number of likely N-dealkylation sites (tertiary alicyclic amines) is 1. The lowest BCUT2D eigenvalue weighted by molar-refractivity contribution is 0.0794. The average Bonchev–Trinajstić information content (AvgIpc) is 3.07. The first-order valence-corrected chi connectivity index (χ1v) is 8.21. The summed E-state index contributed by atoms with van der Waals surface area (Å²) in [6, 6.07) is 10.6. The second kappa shape index (κ2) is 6.69. The molecule has 0 bridgehead atoms. The van der Waals surface area contributed by atoms with Crippen LogP contribution in [0.3, 0.4) is 0 Å². The molecule has 1 heterocycles. The van der Waals surface area contributed by atoms with Crippen molar-refractivity contribution in [2.75, 3.05) is 24.1 Å². The normalized spacial score (nSPS) is 14.1. The van der Waals surface area contributed by atoms with Crippen molar-refractivity contribution in [3.8, 4) is 0 Å². The van der Waals surface area contributed by atoms with Crippen LogP contribution in [0, 0.1) is 0 Å². The molecule has 6 heteroatoms. The Morgan fingerprint density at radius 1 is 1.09 bits per heavy atom. The highest BCUT2D eigenvalue weighted by Crippen LogP contribution is 2.33. The maximum absolute atomic E-state index is 12.7. The number of hydrogen-bond donors (Lipinski definition) is 2. The van der Waals surface area contributed by atoms with Crippen molar-refractivity contribution >= 4 is 46.2 Å². The third-order valence-electron chi connectivity index (χ3n) is 3.89. The second-order valence-electron chi connectivity index (χ2n) is 5.53. The van der Waals surface area contributed by atoms with Gasteiger partial charge in [0.2, 0.25) is 0 Å². The first-order chi connectivity index (χ1) is 11.1. The molecular formula is C17H17Cl2N3O. The summed E-state index contributed by atoms with van der Waals surface area (Å²) in [7, 11) is 0. The first kappa shape index (κ1) is 16.0. The molecule has 4 nitrogen and oxygen atoms in total. The zero-order valence-electron chi connectivity index (χ0n) is 12.5. The number of benzene rings is 2. The monoisotopic (exact) mass is 349 g/mol. The molecular weight excluding hydrogens is 333 g/mol. The van der Waals surface area contributed by atoms with Gasteiger partial charge in [0.05, 0.1) is 27.0 Å². The Bertz CT molecular complexity index is 743. The molecule has 0 unspecified atom stereocenters. The van der Waals surface area contributed by atoms with Crippen LogP contribution in [0.4, 0.5) is 17.1 Å². The molecule has 1 aliphatic rings. The van der Waals surface area contributed by atoms with Gasteiger partial charge in [-0.05, 0) is 43.2 Å². The summed E-state index contributed by atoms with van der Waals surface area (Å²) in [5.41, 5.74) is 8.28. The topological polar surface area (TPSA) is 58.4 Å². The smallest absolute Gasteiger partial charge is 0.256 e. The summed E-state index contributed by atoms with van der Waals surface area (Å²) in [6.45, 7) is 1.57. The highest BCUT2D eigenvalue weighted by molar-refractivity contribution is 6.43. The van der Waals surface area contributed by atoms with Gasteiger partial charge in [-0.15, -0.1) is 0 Å². The lowest BCUT2D eigenvalue weighted by Crippen LogP contribution is -2.28. The number of nitrogens with two attached hydrogens (primary N) is 1.